The summed E-state index contributed by atoms with van der Waals surface area (Å²) in [5, 5.41) is 9.68. The van der Waals surface area contributed by atoms with Gasteiger partial charge in [-0.05, 0) is 0 Å². The summed E-state index contributed by atoms with van der Waals surface area (Å²) >= 11 is 0.449. The molecule has 88 valence electrons. The van der Waals surface area contributed by atoms with E-state index in [0.29, 0.717) is 21.6 Å². The minimum absolute atomic E-state index is 0.320. The molecule has 1 N–H and O–H groups in total. The molecule has 0 aromatic rings. The minimum atomic E-state index is 0.320. The monoisotopic (exact) mass is 276 g/mol. The van der Waals surface area contributed by atoms with Crippen LogP contribution in [0.3, 0.4) is 0 Å². The van der Waals surface area contributed by atoms with Gasteiger partial charge in [-0.2, -0.15) is 0 Å². The van der Waals surface area contributed by atoms with E-state index in [1.165, 1.54) is 38.5 Å². The first kappa shape index (κ1) is 15.0. The molecule has 0 aliphatic heterocycles. The maximum absolute atomic E-state index is 8.57. The molecule has 2 heteroatoms. The van der Waals surface area contributed by atoms with Crippen LogP contribution in [0.2, 0.25) is 5.32 Å². The van der Waals surface area contributed by atoms with Gasteiger partial charge in [0.15, 0.2) is 0 Å². The van der Waals surface area contributed by atoms with E-state index in [1.54, 1.807) is 0 Å². The molecule has 0 saturated carbocycles. The summed E-state index contributed by atoms with van der Waals surface area (Å²) in [6, 6.07) is 0. The Morgan fingerprint density at radius 1 is 1.00 bits per heavy atom. The third-order valence-electron chi connectivity index (χ3n) is 2.20. The van der Waals surface area contributed by atoms with Gasteiger partial charge >= 0.3 is 101 Å². The van der Waals surface area contributed by atoms with Gasteiger partial charge in [0.25, 0.3) is 0 Å². The van der Waals surface area contributed by atoms with Gasteiger partial charge in [-0.15, -0.1) is 0 Å². The molecule has 0 aromatic heterocycles. The Kier molecular flexibility index (Phi) is 14.1. The van der Waals surface area contributed by atoms with Gasteiger partial charge in [-0.3, -0.25) is 0 Å². The normalized spacial score (nSPS) is 9.73. The molecule has 0 unspecified atom stereocenters. The van der Waals surface area contributed by atoms with Gasteiger partial charge < -0.3 is 0 Å². The van der Waals surface area contributed by atoms with Crippen molar-refractivity contribution in [2.75, 3.05) is 6.61 Å². The second-order valence-corrected chi connectivity index (χ2v) is 5.61. The fourth-order valence-corrected chi connectivity index (χ4v) is 2.50. The summed E-state index contributed by atoms with van der Waals surface area (Å²) in [4.78, 5) is 3.22. The van der Waals surface area contributed by atoms with Crippen molar-refractivity contribution in [1.29, 1.82) is 0 Å². The molecule has 15 heavy (non-hydrogen) atoms. The maximum atomic E-state index is 8.57. The van der Waals surface area contributed by atoms with Gasteiger partial charge in [0, 0.05) is 0 Å². The van der Waals surface area contributed by atoms with Crippen molar-refractivity contribution < 1.29 is 5.11 Å². The van der Waals surface area contributed by atoms with Crippen LogP contribution in [0.4, 0.5) is 0 Å². The predicted octanol–water partition coefficient (Wildman–Crippen LogP) is 3.20. The number of rotatable bonds is 9. The van der Waals surface area contributed by atoms with Crippen molar-refractivity contribution >= 4 is 15.0 Å². The molecule has 0 rings (SSSR count). The molecule has 0 heterocycles. The second kappa shape index (κ2) is 14.0. The van der Waals surface area contributed by atoms with E-state index >= 15 is 0 Å². The zero-order valence-electron chi connectivity index (χ0n) is 9.93. The van der Waals surface area contributed by atoms with Crippen LogP contribution in [-0.4, -0.2) is 26.7 Å². The van der Waals surface area contributed by atoms with Gasteiger partial charge in [0.2, 0.25) is 0 Å². The Morgan fingerprint density at radius 3 is 2.47 bits per heavy atom. The van der Waals surface area contributed by atoms with Gasteiger partial charge in [-0.25, -0.2) is 0 Å². The molecule has 0 spiro atoms. The molecule has 0 aliphatic rings. The average molecular weight is 275 g/mol. The summed E-state index contributed by atoms with van der Waals surface area (Å²) < 4.78 is 0. The second-order valence-electron chi connectivity index (χ2n) is 3.72. The molecule has 0 atom stereocenters. The van der Waals surface area contributed by atoms with Crippen LogP contribution in [0.5, 0.6) is 0 Å². The fraction of sp³-hybridized carbons (Fsp3) is 0.846. The third kappa shape index (κ3) is 14.0. The summed E-state index contributed by atoms with van der Waals surface area (Å²) in [5.41, 5.74) is 0. The predicted molar refractivity (Wildman–Crippen MR) is 68.0 cm³/mol. The molecule has 1 nitrogen and oxygen atoms in total. The number of hydrogen-bond acceptors (Lipinski definition) is 1. The van der Waals surface area contributed by atoms with E-state index < -0.39 is 0 Å². The molecule has 0 saturated heterocycles. The van der Waals surface area contributed by atoms with Crippen molar-refractivity contribution in [3.63, 3.8) is 0 Å². The van der Waals surface area contributed by atoms with E-state index in [2.05, 4.69) is 17.7 Å². The topological polar surface area (TPSA) is 20.2 Å². The first-order valence-electron chi connectivity index (χ1n) is 6.12. The van der Waals surface area contributed by atoms with Crippen molar-refractivity contribution in [1.82, 2.24) is 0 Å². The van der Waals surface area contributed by atoms with Crippen molar-refractivity contribution in [2.24, 2.45) is 0 Å². The molecule has 0 fully saturated rings. The Morgan fingerprint density at radius 2 is 1.73 bits per heavy atom. The Labute approximate surface area is 101 Å². The Bertz CT molecular complexity index is 169. The Balaban J connectivity index is 3.02. The number of aliphatic hydroxyl groups is 1. The molecule has 0 bridgehead atoms. The molecular formula is C13H24OSe. The van der Waals surface area contributed by atoms with Crippen LogP contribution in [0, 0.1) is 10.7 Å². The molecule has 0 aliphatic carbocycles. The molecular weight excluding hydrogens is 251 g/mol. The van der Waals surface area contributed by atoms with E-state index in [-0.39, 0.29) is 0 Å². The fourth-order valence-electron chi connectivity index (χ4n) is 1.28. The first-order chi connectivity index (χ1) is 7.41. The third-order valence-corrected chi connectivity index (χ3v) is 3.84. The van der Waals surface area contributed by atoms with Gasteiger partial charge in [0.1, 0.15) is 0 Å². The zero-order valence-corrected chi connectivity index (χ0v) is 11.6. The van der Waals surface area contributed by atoms with E-state index in [1.807, 2.05) is 0 Å². The van der Waals surface area contributed by atoms with E-state index in [9.17, 15) is 0 Å². The molecule has 0 radical (unpaired) electrons. The summed E-state index contributed by atoms with van der Waals surface area (Å²) in [6.07, 6.45) is 10.1. The SMILES string of the molecule is CCCCCCCCC#C[Se]CCCO. The van der Waals surface area contributed by atoms with Gasteiger partial charge in [-0.1, -0.05) is 0 Å². The molecule has 0 amide bonds. The van der Waals surface area contributed by atoms with Crippen molar-refractivity contribution in [2.45, 2.75) is 63.6 Å². The summed E-state index contributed by atoms with van der Waals surface area (Å²) in [7, 11) is 0. The van der Waals surface area contributed by atoms with Crippen LogP contribution >= 0.6 is 0 Å². The number of aliphatic hydroxyl groups excluding tert-OH is 1. The summed E-state index contributed by atoms with van der Waals surface area (Å²) in [6.45, 7) is 2.57. The summed E-state index contributed by atoms with van der Waals surface area (Å²) in [5.74, 6) is 3.23. The number of hydrogen-bond donors (Lipinski definition) is 1. The average Bonchev–Trinajstić information content (AvgIpc) is 2.26. The van der Waals surface area contributed by atoms with Crippen LogP contribution in [0.15, 0.2) is 0 Å². The van der Waals surface area contributed by atoms with E-state index in [0.717, 1.165) is 18.2 Å². The van der Waals surface area contributed by atoms with Crippen molar-refractivity contribution in [3.05, 3.63) is 0 Å². The Hall–Kier alpha value is 0.0395. The molecule has 0 aromatic carbocycles. The quantitative estimate of drug-likeness (QED) is 0.389. The first-order valence-corrected chi connectivity index (χ1v) is 8.19. The van der Waals surface area contributed by atoms with E-state index in [4.69, 9.17) is 5.11 Å². The zero-order chi connectivity index (χ0) is 11.2. The standard InChI is InChI=1S/C13H24OSe/c1-2-3-4-5-6-7-8-9-12-15-13-10-11-14/h14H,2-8,10-11,13H2,1H3. The van der Waals surface area contributed by atoms with Crippen LogP contribution < -0.4 is 0 Å². The number of unbranched alkanes of at least 4 members (excludes halogenated alkanes) is 6. The van der Waals surface area contributed by atoms with Crippen LogP contribution in [0.1, 0.15) is 58.3 Å². The van der Waals surface area contributed by atoms with Crippen LogP contribution in [0.25, 0.3) is 0 Å². The van der Waals surface area contributed by atoms with Crippen LogP contribution in [-0.2, 0) is 0 Å². The van der Waals surface area contributed by atoms with Crippen molar-refractivity contribution in [3.8, 4) is 10.7 Å². The van der Waals surface area contributed by atoms with Gasteiger partial charge in [0.05, 0.1) is 0 Å².